The van der Waals surface area contributed by atoms with E-state index in [1.54, 1.807) is 13.8 Å². The van der Waals surface area contributed by atoms with Gasteiger partial charge in [-0.15, -0.1) is 0 Å². The van der Waals surface area contributed by atoms with Crippen molar-refractivity contribution < 1.29 is 66.4 Å². The van der Waals surface area contributed by atoms with E-state index in [1.807, 2.05) is 170 Å². The molecule has 0 aromatic heterocycles. The molecule has 2 unspecified atom stereocenters. The van der Waals surface area contributed by atoms with Gasteiger partial charge < -0.3 is 56.8 Å². The average molecular weight is 1030 g/mol. The minimum atomic E-state index is -1.07. The second-order valence-electron chi connectivity index (χ2n) is 18.2. The van der Waals surface area contributed by atoms with Crippen LogP contribution in [-0.4, -0.2) is 104 Å². The highest BCUT2D eigenvalue weighted by Gasteiger charge is 2.55. The Labute approximate surface area is 443 Å². The third kappa shape index (κ3) is 12.5. The maximum Gasteiger partial charge on any atom is 0.338 e. The molecule has 396 valence electrons. The second-order valence-corrected chi connectivity index (χ2v) is 18.2. The van der Waals surface area contributed by atoms with E-state index in [9.17, 15) is 9.59 Å². The molecule has 4 bridgehead atoms. The maximum absolute atomic E-state index is 14.1. The van der Waals surface area contributed by atoms with Crippen LogP contribution < -0.4 is 18.9 Å². The Balaban J connectivity index is 0.887. The molecule has 0 aliphatic carbocycles. The van der Waals surface area contributed by atoms with Gasteiger partial charge in [-0.05, 0) is 62.4 Å². The standard InChI is InChI=1S/C62H64O14/c1-45-57-55(61(75-45,47-15-7-3-8-16-47)48-17-9-4-10-18-48)43-67-35-39-71-53-27-29-54(30-28-53)72-40-36-68-44-56-58(46(2)76-62(56,49-19-11-5-12-20-49)50-21-13-6-14-22-50)60(64)74-42-34-66-32-38-70-52-25-23-51(24-26-52)69-37-31-65-33-41-73-59(57)63/h3-30,55-56H,31-44H2,1-2H3. The number of hydrogen-bond acceptors (Lipinski definition) is 14. The summed E-state index contributed by atoms with van der Waals surface area (Å²) in [6.45, 7) is 6.29. The molecule has 0 fully saturated rings. The first kappa shape index (κ1) is 53.2. The van der Waals surface area contributed by atoms with E-state index in [2.05, 4.69) is 0 Å². The van der Waals surface area contributed by atoms with Crippen molar-refractivity contribution in [3.8, 4) is 23.0 Å². The molecule has 12 rings (SSSR count). The number of benzene rings is 6. The lowest BCUT2D eigenvalue weighted by Gasteiger charge is -2.36. The van der Waals surface area contributed by atoms with Gasteiger partial charge in [-0.25, -0.2) is 9.59 Å². The van der Waals surface area contributed by atoms with Crippen LogP contribution in [0, 0.1) is 11.8 Å². The quantitative estimate of drug-likeness (QED) is 0.155. The average Bonchev–Trinajstić information content (AvgIpc) is 3.96. The molecule has 76 heavy (non-hydrogen) atoms. The zero-order valence-corrected chi connectivity index (χ0v) is 42.9. The van der Waals surface area contributed by atoms with Crippen LogP contribution in [-0.2, 0) is 58.7 Å². The molecule has 14 nitrogen and oxygen atoms in total. The van der Waals surface area contributed by atoms with Crippen LogP contribution in [0.5, 0.6) is 23.0 Å². The predicted molar refractivity (Wildman–Crippen MR) is 282 cm³/mol. The van der Waals surface area contributed by atoms with E-state index in [4.69, 9.17) is 56.8 Å². The van der Waals surface area contributed by atoms with Gasteiger partial charge in [-0.2, -0.15) is 0 Å². The molecule has 6 aliphatic heterocycles. The number of ether oxygens (including phenoxy) is 12. The number of esters is 2. The molecule has 0 saturated carbocycles. The van der Waals surface area contributed by atoms with Crippen LogP contribution in [0.4, 0.5) is 0 Å². The summed E-state index contributed by atoms with van der Waals surface area (Å²) in [5.74, 6) is 1.30. The molecule has 0 N–H and O–H groups in total. The summed E-state index contributed by atoms with van der Waals surface area (Å²) in [6, 6.07) is 54.0. The van der Waals surface area contributed by atoms with E-state index in [1.165, 1.54) is 0 Å². The number of hydrogen-bond donors (Lipinski definition) is 0. The highest BCUT2D eigenvalue weighted by molar-refractivity contribution is 5.91. The van der Waals surface area contributed by atoms with Crippen molar-refractivity contribution in [3.05, 3.63) is 215 Å². The smallest absolute Gasteiger partial charge is 0.338 e. The molecule has 6 aliphatic rings. The topological polar surface area (TPSA) is 145 Å². The number of rotatable bonds is 4. The van der Waals surface area contributed by atoms with Crippen molar-refractivity contribution >= 4 is 11.9 Å². The van der Waals surface area contributed by atoms with Crippen molar-refractivity contribution in [3.63, 3.8) is 0 Å². The van der Waals surface area contributed by atoms with Crippen molar-refractivity contribution in [2.45, 2.75) is 25.0 Å². The van der Waals surface area contributed by atoms with Gasteiger partial charge in [0.2, 0.25) is 0 Å². The molecular formula is C62H64O14. The summed E-state index contributed by atoms with van der Waals surface area (Å²) < 4.78 is 73.6. The zero-order chi connectivity index (χ0) is 52.4. The van der Waals surface area contributed by atoms with Gasteiger partial charge in [0.1, 0.15) is 74.2 Å². The van der Waals surface area contributed by atoms with Crippen LogP contribution in [0.1, 0.15) is 36.1 Å². The maximum atomic E-state index is 14.1. The molecule has 14 heteroatoms. The Morgan fingerprint density at radius 1 is 0.316 bits per heavy atom. The third-order valence-electron chi connectivity index (χ3n) is 13.4. The van der Waals surface area contributed by atoms with Crippen molar-refractivity contribution in [1.29, 1.82) is 0 Å². The van der Waals surface area contributed by atoms with Gasteiger partial charge in [0, 0.05) is 22.3 Å². The number of carbonyl (C=O) groups excluding carboxylic acids is 2. The highest BCUT2D eigenvalue weighted by Crippen LogP contribution is 2.53. The van der Waals surface area contributed by atoms with Gasteiger partial charge in [0.15, 0.2) is 11.2 Å². The molecule has 6 heterocycles. The minimum absolute atomic E-state index is 0.0258. The number of allylic oxidation sites excluding steroid dienone is 2. The first-order chi connectivity index (χ1) is 37.4. The van der Waals surface area contributed by atoms with Crippen LogP contribution in [0.3, 0.4) is 0 Å². The lowest BCUT2D eigenvalue weighted by Crippen LogP contribution is -2.39. The largest absolute Gasteiger partial charge is 0.491 e. The normalized spacial score (nSPS) is 20.6. The lowest BCUT2D eigenvalue weighted by molar-refractivity contribution is -0.142. The minimum Gasteiger partial charge on any atom is -0.491 e. The van der Waals surface area contributed by atoms with E-state index in [-0.39, 0.29) is 92.5 Å². The zero-order valence-electron chi connectivity index (χ0n) is 42.9. The Morgan fingerprint density at radius 3 is 0.842 bits per heavy atom. The van der Waals surface area contributed by atoms with Gasteiger partial charge >= 0.3 is 11.9 Å². The van der Waals surface area contributed by atoms with Crippen molar-refractivity contribution in [2.24, 2.45) is 11.8 Å². The fourth-order valence-corrected chi connectivity index (χ4v) is 10.0. The Kier molecular flexibility index (Phi) is 18.4. The highest BCUT2D eigenvalue weighted by atomic mass is 16.6. The summed E-state index contributed by atoms with van der Waals surface area (Å²) in [5.41, 5.74) is 2.14. The molecule has 6 aromatic rings. The van der Waals surface area contributed by atoms with E-state index >= 15 is 0 Å². The third-order valence-corrected chi connectivity index (χ3v) is 13.4. The molecule has 0 spiro atoms. The molecule has 2 atom stereocenters. The second kappa shape index (κ2) is 26.2. The molecule has 6 aromatic carbocycles. The predicted octanol–water partition coefficient (Wildman–Crippen LogP) is 9.80. The van der Waals surface area contributed by atoms with E-state index in [0.717, 1.165) is 22.3 Å². The van der Waals surface area contributed by atoms with Crippen LogP contribution in [0.25, 0.3) is 0 Å². The van der Waals surface area contributed by atoms with Crippen molar-refractivity contribution in [2.75, 3.05) is 92.5 Å². The van der Waals surface area contributed by atoms with E-state index < -0.39 is 35.0 Å². The summed E-state index contributed by atoms with van der Waals surface area (Å²) in [7, 11) is 0. The molecular weight excluding hydrogens is 969 g/mol. The number of carbonyl (C=O) groups is 2. The monoisotopic (exact) mass is 1030 g/mol. The molecule has 0 amide bonds. The van der Waals surface area contributed by atoms with Crippen molar-refractivity contribution in [1.82, 2.24) is 0 Å². The molecule has 0 saturated heterocycles. The van der Waals surface area contributed by atoms with Gasteiger partial charge in [0.05, 0.1) is 75.8 Å². The fraction of sp³-hybridized carbons (Fsp3) is 0.323. The van der Waals surface area contributed by atoms with Gasteiger partial charge in [-0.3, -0.25) is 0 Å². The first-order valence-electron chi connectivity index (χ1n) is 25.7. The van der Waals surface area contributed by atoms with Crippen LogP contribution in [0.15, 0.2) is 193 Å². The Bertz CT molecular complexity index is 2560. The van der Waals surface area contributed by atoms with E-state index in [0.29, 0.717) is 45.7 Å². The van der Waals surface area contributed by atoms with Crippen LogP contribution in [0.2, 0.25) is 0 Å². The fourth-order valence-electron chi connectivity index (χ4n) is 10.0. The Hall–Kier alpha value is -7.62. The summed E-state index contributed by atoms with van der Waals surface area (Å²) >= 11 is 0. The summed E-state index contributed by atoms with van der Waals surface area (Å²) in [4.78, 5) is 28.1. The molecule has 0 radical (unpaired) electrons. The van der Waals surface area contributed by atoms with Gasteiger partial charge in [0.25, 0.3) is 0 Å². The first-order valence-corrected chi connectivity index (χ1v) is 25.7. The SMILES string of the molecule is CC1=C2C(=O)OCCOCCOc3ccc(cc3)OCCOCCOC(=O)C3=C(C)OC(c4ccccc4)(c4ccccc4)C3COCCOc3ccc(cc3)OCCOCC2C(c2ccccc2)(c2ccccc2)O1. The van der Waals surface area contributed by atoms with Crippen LogP contribution >= 0.6 is 0 Å². The lowest BCUT2D eigenvalue weighted by atomic mass is 9.74. The summed E-state index contributed by atoms with van der Waals surface area (Å²) in [6.07, 6.45) is 0. The van der Waals surface area contributed by atoms with Gasteiger partial charge in [-0.1, -0.05) is 121 Å². The Morgan fingerprint density at radius 2 is 0.566 bits per heavy atom. The summed E-state index contributed by atoms with van der Waals surface area (Å²) in [5, 5.41) is 0.